The number of anilines is 1. The minimum absolute atomic E-state index is 0.208. The van der Waals surface area contributed by atoms with Crippen molar-refractivity contribution in [3.63, 3.8) is 0 Å². The van der Waals surface area contributed by atoms with Crippen LogP contribution in [0.5, 0.6) is 0 Å². The molecule has 0 saturated heterocycles. The van der Waals surface area contributed by atoms with Gasteiger partial charge in [-0.3, -0.25) is 0 Å². The van der Waals surface area contributed by atoms with Gasteiger partial charge in [0.1, 0.15) is 5.82 Å². The molecule has 0 aliphatic heterocycles. The van der Waals surface area contributed by atoms with E-state index in [-0.39, 0.29) is 5.82 Å². The molecule has 2 fully saturated rings. The second-order valence-corrected chi connectivity index (χ2v) is 6.28. The Kier molecular flexibility index (Phi) is 2.07. The van der Waals surface area contributed by atoms with Crippen LogP contribution in [-0.2, 0) is 6.54 Å². The van der Waals surface area contributed by atoms with Crippen LogP contribution in [0.1, 0.15) is 31.2 Å². The van der Waals surface area contributed by atoms with Crippen molar-refractivity contribution in [2.45, 2.75) is 39.2 Å². The number of hydrogen-bond donors (Lipinski definition) is 1. The molecule has 1 heterocycles. The number of nitrogens with two attached hydrogens (primary N) is 1. The van der Waals surface area contributed by atoms with Gasteiger partial charge in [-0.05, 0) is 55.6 Å². The Labute approximate surface area is 111 Å². The van der Waals surface area contributed by atoms with Crippen LogP contribution in [0.15, 0.2) is 12.1 Å². The average Bonchev–Trinajstić information content (AvgIpc) is 3.24. The van der Waals surface area contributed by atoms with E-state index in [2.05, 4.69) is 9.55 Å². The number of rotatable bonds is 3. The van der Waals surface area contributed by atoms with E-state index in [1.54, 1.807) is 6.92 Å². The highest BCUT2D eigenvalue weighted by molar-refractivity contribution is 5.79. The van der Waals surface area contributed by atoms with Gasteiger partial charge in [0, 0.05) is 12.6 Å². The van der Waals surface area contributed by atoms with Crippen LogP contribution in [-0.4, -0.2) is 9.55 Å². The van der Waals surface area contributed by atoms with Crippen molar-refractivity contribution >= 4 is 17.0 Å². The Balaban J connectivity index is 1.80. The van der Waals surface area contributed by atoms with Crippen LogP contribution >= 0.6 is 0 Å². The molecule has 0 unspecified atom stereocenters. The Hall–Kier alpha value is -1.58. The zero-order chi connectivity index (χ0) is 13.2. The van der Waals surface area contributed by atoms with Gasteiger partial charge < -0.3 is 10.3 Å². The van der Waals surface area contributed by atoms with Crippen LogP contribution in [0, 0.1) is 24.1 Å². The van der Waals surface area contributed by atoms with E-state index in [1.807, 2.05) is 6.07 Å². The molecule has 1 aromatic heterocycles. The van der Waals surface area contributed by atoms with E-state index in [1.165, 1.54) is 31.7 Å². The van der Waals surface area contributed by atoms with Crippen molar-refractivity contribution in [3.05, 3.63) is 23.5 Å². The number of nitrogen functional groups attached to an aromatic ring is 1. The van der Waals surface area contributed by atoms with Gasteiger partial charge in [0.15, 0.2) is 0 Å². The molecule has 4 rings (SSSR count). The minimum atomic E-state index is -0.208. The fraction of sp³-hybridized carbons (Fsp3) is 0.533. The first-order chi connectivity index (χ1) is 9.09. The first-order valence-electron chi connectivity index (χ1n) is 7.01. The van der Waals surface area contributed by atoms with Gasteiger partial charge in [-0.1, -0.05) is 0 Å². The van der Waals surface area contributed by atoms with E-state index in [9.17, 15) is 4.39 Å². The molecule has 2 N–H and O–H groups in total. The lowest BCUT2D eigenvalue weighted by molar-refractivity contribution is 0.377. The standard InChI is InChI=1S/C15H18FN3/c1-9-6-13-12(7-11(9)16)18-14(17)19(13)8-15(4-5-15)10-2-3-10/h6-7,10H,2-5,8H2,1H3,(H2,17,18). The summed E-state index contributed by atoms with van der Waals surface area (Å²) >= 11 is 0. The molecule has 0 radical (unpaired) electrons. The third-order valence-electron chi connectivity index (χ3n) is 4.87. The van der Waals surface area contributed by atoms with E-state index < -0.39 is 0 Å². The summed E-state index contributed by atoms with van der Waals surface area (Å²) in [5.74, 6) is 1.19. The van der Waals surface area contributed by atoms with Crippen molar-refractivity contribution in [2.24, 2.45) is 11.3 Å². The van der Waals surface area contributed by atoms with E-state index >= 15 is 0 Å². The molecule has 2 saturated carbocycles. The Morgan fingerprint density at radius 1 is 1.42 bits per heavy atom. The zero-order valence-electron chi connectivity index (χ0n) is 11.1. The maximum absolute atomic E-state index is 13.6. The number of imidazole rings is 1. The van der Waals surface area contributed by atoms with Gasteiger partial charge in [-0.15, -0.1) is 0 Å². The summed E-state index contributed by atoms with van der Waals surface area (Å²) < 4.78 is 15.7. The summed E-state index contributed by atoms with van der Waals surface area (Å²) in [7, 11) is 0. The van der Waals surface area contributed by atoms with Crippen LogP contribution in [0.4, 0.5) is 10.3 Å². The molecule has 19 heavy (non-hydrogen) atoms. The Morgan fingerprint density at radius 3 is 2.79 bits per heavy atom. The van der Waals surface area contributed by atoms with Gasteiger partial charge in [0.05, 0.1) is 11.0 Å². The summed E-state index contributed by atoms with van der Waals surface area (Å²) in [6.45, 7) is 2.74. The molecule has 0 amide bonds. The monoisotopic (exact) mass is 259 g/mol. The maximum atomic E-state index is 13.6. The Morgan fingerprint density at radius 2 is 2.16 bits per heavy atom. The van der Waals surface area contributed by atoms with Gasteiger partial charge in [0.25, 0.3) is 0 Å². The van der Waals surface area contributed by atoms with Gasteiger partial charge in [-0.2, -0.15) is 0 Å². The fourth-order valence-electron chi connectivity index (χ4n) is 3.30. The maximum Gasteiger partial charge on any atom is 0.201 e. The summed E-state index contributed by atoms with van der Waals surface area (Å²) in [5.41, 5.74) is 8.81. The topological polar surface area (TPSA) is 43.8 Å². The van der Waals surface area contributed by atoms with Gasteiger partial charge in [0.2, 0.25) is 5.95 Å². The average molecular weight is 259 g/mol. The van der Waals surface area contributed by atoms with Gasteiger partial charge in [-0.25, -0.2) is 9.37 Å². The second kappa shape index (κ2) is 3.50. The number of aryl methyl sites for hydroxylation is 1. The lowest BCUT2D eigenvalue weighted by Gasteiger charge is -2.16. The summed E-state index contributed by atoms with van der Waals surface area (Å²) in [6.07, 6.45) is 5.33. The highest BCUT2D eigenvalue weighted by Crippen LogP contribution is 2.62. The molecule has 2 aliphatic carbocycles. The van der Waals surface area contributed by atoms with Crippen molar-refractivity contribution in [2.75, 3.05) is 5.73 Å². The normalized spacial score (nSPS) is 20.9. The quantitative estimate of drug-likeness (QED) is 0.919. The lowest BCUT2D eigenvalue weighted by Crippen LogP contribution is -2.15. The smallest absolute Gasteiger partial charge is 0.201 e. The molecule has 0 spiro atoms. The molecule has 2 aromatic rings. The number of nitrogens with zero attached hydrogens (tertiary/aromatic N) is 2. The van der Waals surface area contributed by atoms with Crippen molar-refractivity contribution in [1.82, 2.24) is 9.55 Å². The fourth-order valence-corrected chi connectivity index (χ4v) is 3.30. The predicted molar refractivity (Wildman–Crippen MR) is 73.2 cm³/mol. The summed E-state index contributed by atoms with van der Waals surface area (Å²) in [4.78, 5) is 4.31. The third-order valence-corrected chi connectivity index (χ3v) is 4.87. The summed E-state index contributed by atoms with van der Waals surface area (Å²) in [5, 5.41) is 0. The molecule has 1 aromatic carbocycles. The Bertz CT molecular complexity index is 666. The lowest BCUT2D eigenvalue weighted by atomic mass is 10.0. The highest BCUT2D eigenvalue weighted by Gasteiger charge is 2.54. The molecule has 2 aliphatic rings. The molecular weight excluding hydrogens is 241 g/mol. The highest BCUT2D eigenvalue weighted by atomic mass is 19.1. The van der Waals surface area contributed by atoms with Crippen molar-refractivity contribution < 1.29 is 4.39 Å². The molecule has 0 atom stereocenters. The largest absolute Gasteiger partial charge is 0.369 e. The second-order valence-electron chi connectivity index (χ2n) is 6.28. The predicted octanol–water partition coefficient (Wildman–Crippen LogP) is 3.26. The SMILES string of the molecule is Cc1cc2c(cc1F)nc(N)n2CC1(C2CC2)CC1. The molecule has 100 valence electrons. The molecule has 4 heteroatoms. The first-order valence-corrected chi connectivity index (χ1v) is 7.01. The zero-order valence-corrected chi connectivity index (χ0v) is 11.1. The number of hydrogen-bond acceptors (Lipinski definition) is 2. The van der Waals surface area contributed by atoms with Crippen LogP contribution in [0.2, 0.25) is 0 Å². The van der Waals surface area contributed by atoms with Crippen molar-refractivity contribution in [1.29, 1.82) is 0 Å². The number of aromatic nitrogens is 2. The van der Waals surface area contributed by atoms with Crippen LogP contribution in [0.3, 0.4) is 0 Å². The minimum Gasteiger partial charge on any atom is -0.369 e. The number of fused-ring (bicyclic) bond motifs is 1. The molecule has 3 nitrogen and oxygen atoms in total. The number of benzene rings is 1. The molecule has 0 bridgehead atoms. The molecular formula is C15H18FN3. The number of halogens is 1. The summed E-state index contributed by atoms with van der Waals surface area (Å²) in [6, 6.07) is 3.37. The van der Waals surface area contributed by atoms with E-state index in [0.29, 0.717) is 22.4 Å². The first kappa shape index (κ1) is 11.3. The van der Waals surface area contributed by atoms with E-state index in [0.717, 1.165) is 18.0 Å². The van der Waals surface area contributed by atoms with E-state index in [4.69, 9.17) is 5.73 Å². The van der Waals surface area contributed by atoms with Crippen LogP contribution < -0.4 is 5.73 Å². The van der Waals surface area contributed by atoms with Crippen molar-refractivity contribution in [3.8, 4) is 0 Å². The third kappa shape index (κ3) is 1.66. The van der Waals surface area contributed by atoms with Gasteiger partial charge >= 0.3 is 0 Å². The van der Waals surface area contributed by atoms with Crippen LogP contribution in [0.25, 0.3) is 11.0 Å².